The third-order valence-corrected chi connectivity index (χ3v) is 7.07. The van der Waals surface area contributed by atoms with Gasteiger partial charge in [-0.1, -0.05) is 6.92 Å². The van der Waals surface area contributed by atoms with Gasteiger partial charge in [0, 0.05) is 17.6 Å². The summed E-state index contributed by atoms with van der Waals surface area (Å²) in [4.78, 5) is 12.3. The van der Waals surface area contributed by atoms with E-state index in [-0.39, 0.29) is 17.9 Å². The van der Waals surface area contributed by atoms with Crippen LogP contribution in [0.25, 0.3) is 0 Å². The molecule has 1 fully saturated rings. The summed E-state index contributed by atoms with van der Waals surface area (Å²) in [5, 5.41) is 2.18. The van der Waals surface area contributed by atoms with Crippen LogP contribution in [0.5, 0.6) is 0 Å². The molecule has 0 saturated heterocycles. The lowest BCUT2D eigenvalue weighted by Gasteiger charge is -2.29. The number of hydrogen-bond donors (Lipinski definition) is 2. The van der Waals surface area contributed by atoms with Crippen molar-refractivity contribution < 1.29 is 26.4 Å². The molecule has 1 amide bonds. The van der Waals surface area contributed by atoms with E-state index in [2.05, 4.69) is 10.0 Å². The van der Waals surface area contributed by atoms with Crippen molar-refractivity contribution in [3.8, 4) is 0 Å². The highest BCUT2D eigenvalue weighted by atomic mass is 32.2. The van der Waals surface area contributed by atoms with E-state index < -0.39 is 27.0 Å². The largest absolute Gasteiger partial charge is 0.416 e. The average Bonchev–Trinajstić information content (AvgIpc) is 2.60. The van der Waals surface area contributed by atoms with Gasteiger partial charge in [0.1, 0.15) is 0 Å². The molecule has 0 aliphatic heterocycles. The molecule has 0 bridgehead atoms. The van der Waals surface area contributed by atoms with Gasteiger partial charge in [-0.25, -0.2) is 13.1 Å². The number of alkyl halides is 3. The Morgan fingerprint density at radius 3 is 2.19 bits per heavy atom. The molecule has 1 aliphatic rings. The fraction of sp³-hybridized carbons (Fsp3) is 0.611. The molecule has 152 valence electrons. The molecule has 1 atom stereocenters. The second-order valence-corrected chi connectivity index (χ2v) is 9.13. The van der Waals surface area contributed by atoms with Gasteiger partial charge in [0.2, 0.25) is 15.9 Å². The molecule has 1 aliphatic carbocycles. The molecule has 0 aromatic heterocycles. The van der Waals surface area contributed by atoms with E-state index in [4.69, 9.17) is 0 Å². The van der Waals surface area contributed by atoms with Crippen molar-refractivity contribution in [1.82, 2.24) is 4.72 Å². The summed E-state index contributed by atoms with van der Waals surface area (Å²) in [5.41, 5.74) is -0.456. The van der Waals surface area contributed by atoms with Crippen LogP contribution in [-0.2, 0) is 21.0 Å². The number of carbonyl (C=O) groups excluding carboxylic acids is 1. The summed E-state index contributed by atoms with van der Waals surface area (Å²) in [6.07, 6.45) is -1.72. The SMILES string of the molecule is CCC(C)S(=O)(=O)NC1CCC(C(=O)Nc2ccc(C(F)(F)F)cc2)CC1. The molecule has 9 heteroatoms. The van der Waals surface area contributed by atoms with Crippen LogP contribution >= 0.6 is 0 Å². The molecular weight excluding hydrogens is 381 g/mol. The topological polar surface area (TPSA) is 75.3 Å². The van der Waals surface area contributed by atoms with Gasteiger partial charge >= 0.3 is 6.18 Å². The molecule has 2 rings (SSSR count). The van der Waals surface area contributed by atoms with E-state index in [9.17, 15) is 26.4 Å². The van der Waals surface area contributed by atoms with Crippen LogP contribution in [0.4, 0.5) is 18.9 Å². The van der Waals surface area contributed by atoms with Crippen LogP contribution in [0.1, 0.15) is 51.5 Å². The van der Waals surface area contributed by atoms with Crippen molar-refractivity contribution in [2.24, 2.45) is 5.92 Å². The van der Waals surface area contributed by atoms with Gasteiger partial charge in [0.15, 0.2) is 0 Å². The Morgan fingerprint density at radius 1 is 1.15 bits per heavy atom. The predicted molar refractivity (Wildman–Crippen MR) is 97.6 cm³/mol. The van der Waals surface area contributed by atoms with Crippen molar-refractivity contribution in [1.29, 1.82) is 0 Å². The monoisotopic (exact) mass is 406 g/mol. The molecule has 0 heterocycles. The number of anilines is 1. The number of halogens is 3. The predicted octanol–water partition coefficient (Wildman–Crippen LogP) is 3.92. The molecule has 0 radical (unpaired) electrons. The summed E-state index contributed by atoms with van der Waals surface area (Å²) in [6, 6.07) is 4.13. The number of nitrogens with one attached hydrogen (secondary N) is 2. The molecule has 0 spiro atoms. The van der Waals surface area contributed by atoms with Gasteiger partial charge in [-0.15, -0.1) is 0 Å². The molecule has 1 aromatic carbocycles. The van der Waals surface area contributed by atoms with Crippen molar-refractivity contribution >= 4 is 21.6 Å². The minimum Gasteiger partial charge on any atom is -0.326 e. The molecule has 5 nitrogen and oxygen atoms in total. The first-order valence-electron chi connectivity index (χ1n) is 9.02. The van der Waals surface area contributed by atoms with E-state index in [1.54, 1.807) is 6.92 Å². The highest BCUT2D eigenvalue weighted by molar-refractivity contribution is 7.90. The van der Waals surface area contributed by atoms with E-state index in [0.717, 1.165) is 12.1 Å². The molecule has 1 aromatic rings. The van der Waals surface area contributed by atoms with Crippen LogP contribution < -0.4 is 10.0 Å². The number of benzene rings is 1. The Hall–Kier alpha value is -1.61. The quantitative estimate of drug-likeness (QED) is 0.752. The first kappa shape index (κ1) is 21.7. The van der Waals surface area contributed by atoms with Crippen molar-refractivity contribution in [2.45, 2.75) is 63.4 Å². The minimum absolute atomic E-state index is 0.181. The summed E-state index contributed by atoms with van der Waals surface area (Å²) < 4.78 is 64.6. The Balaban J connectivity index is 1.86. The molecule has 27 heavy (non-hydrogen) atoms. The first-order chi connectivity index (χ1) is 12.5. The lowest BCUT2D eigenvalue weighted by atomic mass is 9.86. The van der Waals surface area contributed by atoms with E-state index in [1.165, 1.54) is 12.1 Å². The van der Waals surface area contributed by atoms with E-state index in [1.807, 2.05) is 6.92 Å². The summed E-state index contributed by atoms with van der Waals surface area (Å²) in [6.45, 7) is 3.47. The van der Waals surface area contributed by atoms with E-state index >= 15 is 0 Å². The van der Waals surface area contributed by atoms with Crippen LogP contribution in [0.3, 0.4) is 0 Å². The van der Waals surface area contributed by atoms with Crippen molar-refractivity contribution in [2.75, 3.05) is 5.32 Å². The van der Waals surface area contributed by atoms with Gasteiger partial charge in [-0.2, -0.15) is 13.2 Å². The fourth-order valence-corrected chi connectivity index (χ4v) is 4.40. The maximum Gasteiger partial charge on any atom is 0.416 e. The lowest BCUT2D eigenvalue weighted by molar-refractivity contribution is -0.137. The highest BCUT2D eigenvalue weighted by Crippen LogP contribution is 2.30. The second-order valence-electron chi connectivity index (χ2n) is 6.99. The zero-order valence-electron chi connectivity index (χ0n) is 15.3. The zero-order chi connectivity index (χ0) is 20.2. The van der Waals surface area contributed by atoms with Gasteiger partial charge in [0.05, 0.1) is 10.8 Å². The van der Waals surface area contributed by atoms with Crippen LogP contribution in [-0.4, -0.2) is 25.6 Å². The number of hydrogen-bond acceptors (Lipinski definition) is 3. The average molecular weight is 406 g/mol. The van der Waals surface area contributed by atoms with Gasteiger partial charge in [-0.3, -0.25) is 4.79 Å². The minimum atomic E-state index is -4.41. The number of amides is 1. The lowest BCUT2D eigenvalue weighted by Crippen LogP contribution is -2.42. The van der Waals surface area contributed by atoms with Gasteiger partial charge < -0.3 is 5.32 Å². The van der Waals surface area contributed by atoms with Gasteiger partial charge in [0.25, 0.3) is 0 Å². The second kappa shape index (κ2) is 8.60. The Bertz CT molecular complexity index is 740. The molecule has 1 unspecified atom stereocenters. The zero-order valence-corrected chi connectivity index (χ0v) is 16.2. The summed E-state index contributed by atoms with van der Waals surface area (Å²) >= 11 is 0. The maximum atomic E-state index is 12.6. The Kier molecular flexibility index (Phi) is 6.91. The van der Waals surface area contributed by atoms with Crippen LogP contribution in [0, 0.1) is 5.92 Å². The Morgan fingerprint density at radius 2 is 1.70 bits per heavy atom. The summed E-state index contributed by atoms with van der Waals surface area (Å²) in [7, 11) is -3.35. The van der Waals surface area contributed by atoms with Crippen molar-refractivity contribution in [3.05, 3.63) is 29.8 Å². The fourth-order valence-electron chi connectivity index (χ4n) is 3.03. The maximum absolute atomic E-state index is 12.6. The molecular formula is C18H25F3N2O3S. The molecule has 2 N–H and O–H groups in total. The summed E-state index contributed by atoms with van der Waals surface area (Å²) in [5.74, 6) is -0.533. The standard InChI is InChI=1S/C18H25F3N2O3S/c1-3-12(2)27(25,26)23-16-8-4-13(5-9-16)17(24)22-15-10-6-14(7-11-15)18(19,20)21/h6-7,10-13,16,23H,3-5,8-9H2,1-2H3,(H,22,24). The molecule has 1 saturated carbocycles. The van der Waals surface area contributed by atoms with Crippen LogP contribution in [0.2, 0.25) is 0 Å². The Labute approximate surface area is 157 Å². The normalized spacial score (nSPS) is 22.3. The highest BCUT2D eigenvalue weighted by Gasteiger charge is 2.31. The number of rotatable bonds is 6. The number of sulfonamides is 1. The van der Waals surface area contributed by atoms with Gasteiger partial charge in [-0.05, 0) is 63.3 Å². The van der Waals surface area contributed by atoms with Crippen LogP contribution in [0.15, 0.2) is 24.3 Å². The third kappa shape index (κ3) is 5.93. The third-order valence-electron chi connectivity index (χ3n) is 5.01. The smallest absolute Gasteiger partial charge is 0.326 e. The van der Waals surface area contributed by atoms with Crippen molar-refractivity contribution in [3.63, 3.8) is 0 Å². The number of carbonyl (C=O) groups is 1. The first-order valence-corrected chi connectivity index (χ1v) is 10.6. The van der Waals surface area contributed by atoms with E-state index in [0.29, 0.717) is 37.8 Å².